The summed E-state index contributed by atoms with van der Waals surface area (Å²) < 4.78 is 1.95. The quantitative estimate of drug-likeness (QED) is 0.845. The highest BCUT2D eigenvalue weighted by Crippen LogP contribution is 2.14. The van der Waals surface area contributed by atoms with Gasteiger partial charge in [0.2, 0.25) is 0 Å². The van der Waals surface area contributed by atoms with Gasteiger partial charge in [-0.05, 0) is 12.1 Å². The van der Waals surface area contributed by atoms with Crippen LogP contribution in [0.3, 0.4) is 0 Å². The molecule has 1 aromatic heterocycles. The average Bonchev–Trinajstić information content (AvgIpc) is 2.72. The maximum absolute atomic E-state index is 8.92. The van der Waals surface area contributed by atoms with Crippen molar-refractivity contribution in [2.45, 2.75) is 6.54 Å². The van der Waals surface area contributed by atoms with Gasteiger partial charge in [0.05, 0.1) is 17.8 Å². The number of aryl methyl sites for hydroxylation is 1. The minimum absolute atomic E-state index is 0.613. The van der Waals surface area contributed by atoms with E-state index in [0.717, 1.165) is 11.5 Å². The monoisotopic (exact) mass is 212 g/mol. The molecule has 2 aromatic rings. The number of anilines is 1. The van der Waals surface area contributed by atoms with Crippen molar-refractivity contribution in [2.24, 2.45) is 7.05 Å². The molecule has 0 aliphatic heterocycles. The molecule has 0 saturated carbocycles. The van der Waals surface area contributed by atoms with E-state index in [9.17, 15) is 0 Å². The van der Waals surface area contributed by atoms with Crippen LogP contribution in [0.4, 0.5) is 5.69 Å². The Morgan fingerprint density at radius 1 is 1.44 bits per heavy atom. The van der Waals surface area contributed by atoms with Gasteiger partial charge in [0.15, 0.2) is 0 Å². The van der Waals surface area contributed by atoms with Crippen LogP contribution < -0.4 is 5.32 Å². The molecule has 0 bridgehead atoms. The second-order valence-electron chi connectivity index (χ2n) is 3.47. The molecule has 0 aliphatic rings. The first-order chi connectivity index (χ1) is 7.81. The van der Waals surface area contributed by atoms with Crippen molar-refractivity contribution in [2.75, 3.05) is 5.32 Å². The van der Waals surface area contributed by atoms with Crippen molar-refractivity contribution in [1.29, 1.82) is 5.26 Å². The molecule has 0 spiro atoms. The normalized spacial score (nSPS) is 9.75. The molecule has 1 heterocycles. The van der Waals surface area contributed by atoms with Crippen LogP contribution in [0.1, 0.15) is 11.4 Å². The van der Waals surface area contributed by atoms with Gasteiger partial charge in [0.25, 0.3) is 0 Å². The van der Waals surface area contributed by atoms with Crippen molar-refractivity contribution in [3.63, 3.8) is 0 Å². The summed E-state index contributed by atoms with van der Waals surface area (Å²) in [5.41, 5.74) is 1.49. The summed E-state index contributed by atoms with van der Waals surface area (Å²) in [5.74, 6) is 0.938. The fourth-order valence-corrected chi connectivity index (χ4v) is 1.48. The number of benzene rings is 1. The van der Waals surface area contributed by atoms with Gasteiger partial charge < -0.3 is 9.88 Å². The highest BCUT2D eigenvalue weighted by Gasteiger charge is 2.02. The minimum atomic E-state index is 0.613. The zero-order valence-corrected chi connectivity index (χ0v) is 9.01. The summed E-state index contributed by atoms with van der Waals surface area (Å²) in [6.45, 7) is 0.613. The van der Waals surface area contributed by atoms with Crippen LogP contribution >= 0.6 is 0 Å². The van der Waals surface area contributed by atoms with Gasteiger partial charge in [0, 0.05) is 19.4 Å². The van der Waals surface area contributed by atoms with Crippen LogP contribution in [-0.4, -0.2) is 9.55 Å². The number of nitrogens with one attached hydrogen (secondary N) is 1. The zero-order valence-electron chi connectivity index (χ0n) is 9.01. The Balaban J connectivity index is 2.11. The molecule has 80 valence electrons. The molecule has 0 atom stereocenters. The largest absolute Gasteiger partial charge is 0.377 e. The Labute approximate surface area is 94.2 Å². The van der Waals surface area contributed by atoms with Crippen LogP contribution in [0.15, 0.2) is 36.7 Å². The highest BCUT2D eigenvalue weighted by atomic mass is 15.1. The van der Waals surface area contributed by atoms with E-state index in [1.165, 1.54) is 0 Å². The summed E-state index contributed by atoms with van der Waals surface area (Å²) in [7, 11) is 1.94. The van der Waals surface area contributed by atoms with E-state index in [1.807, 2.05) is 36.0 Å². The molecule has 0 unspecified atom stereocenters. The Kier molecular flexibility index (Phi) is 2.88. The first-order valence-corrected chi connectivity index (χ1v) is 5.00. The minimum Gasteiger partial charge on any atom is -0.377 e. The molecule has 2 rings (SSSR count). The van der Waals surface area contributed by atoms with Crippen LogP contribution in [0.5, 0.6) is 0 Å². The standard InChI is InChI=1S/C12H12N4/c1-16-7-6-14-12(16)9-15-11-5-3-2-4-10(11)8-13/h2-7,15H,9H2,1H3. The first-order valence-electron chi connectivity index (χ1n) is 5.00. The molecular formula is C12H12N4. The summed E-state index contributed by atoms with van der Waals surface area (Å²) in [5, 5.41) is 12.1. The Morgan fingerprint density at radius 2 is 2.25 bits per heavy atom. The summed E-state index contributed by atoms with van der Waals surface area (Å²) in [6, 6.07) is 9.59. The molecule has 0 amide bonds. The number of nitrogens with zero attached hydrogens (tertiary/aromatic N) is 3. The average molecular weight is 212 g/mol. The van der Waals surface area contributed by atoms with Gasteiger partial charge in [-0.3, -0.25) is 0 Å². The number of rotatable bonds is 3. The number of hydrogen-bond acceptors (Lipinski definition) is 3. The third-order valence-electron chi connectivity index (χ3n) is 2.41. The molecule has 1 aromatic carbocycles. The molecule has 16 heavy (non-hydrogen) atoms. The van der Waals surface area contributed by atoms with Gasteiger partial charge in [-0.2, -0.15) is 5.26 Å². The highest BCUT2D eigenvalue weighted by molar-refractivity contribution is 5.57. The van der Waals surface area contributed by atoms with E-state index in [0.29, 0.717) is 12.1 Å². The van der Waals surface area contributed by atoms with Crippen LogP contribution in [-0.2, 0) is 13.6 Å². The van der Waals surface area contributed by atoms with Gasteiger partial charge in [-0.1, -0.05) is 12.1 Å². The van der Waals surface area contributed by atoms with Gasteiger partial charge >= 0.3 is 0 Å². The fraction of sp³-hybridized carbons (Fsp3) is 0.167. The van der Waals surface area contributed by atoms with E-state index in [2.05, 4.69) is 16.4 Å². The van der Waals surface area contributed by atoms with Gasteiger partial charge in [-0.25, -0.2) is 4.98 Å². The number of hydrogen-bond donors (Lipinski definition) is 1. The van der Waals surface area contributed by atoms with Crippen LogP contribution in [0.2, 0.25) is 0 Å². The van der Waals surface area contributed by atoms with Crippen molar-refractivity contribution in [3.05, 3.63) is 48.0 Å². The fourth-order valence-electron chi connectivity index (χ4n) is 1.48. The Morgan fingerprint density at radius 3 is 2.94 bits per heavy atom. The van der Waals surface area contributed by atoms with Crippen molar-refractivity contribution >= 4 is 5.69 Å². The summed E-state index contributed by atoms with van der Waals surface area (Å²) >= 11 is 0. The van der Waals surface area contributed by atoms with Crippen molar-refractivity contribution < 1.29 is 0 Å². The van der Waals surface area contributed by atoms with E-state index in [-0.39, 0.29) is 0 Å². The van der Waals surface area contributed by atoms with Crippen molar-refractivity contribution in [1.82, 2.24) is 9.55 Å². The smallest absolute Gasteiger partial charge is 0.127 e. The van der Waals surface area contributed by atoms with E-state index >= 15 is 0 Å². The molecule has 1 N–H and O–H groups in total. The lowest BCUT2D eigenvalue weighted by Crippen LogP contribution is -2.06. The molecule has 4 heteroatoms. The van der Waals surface area contributed by atoms with Gasteiger partial charge in [-0.15, -0.1) is 0 Å². The number of imidazole rings is 1. The maximum Gasteiger partial charge on any atom is 0.127 e. The van der Waals surface area contributed by atoms with Crippen molar-refractivity contribution in [3.8, 4) is 6.07 Å². The van der Waals surface area contributed by atoms with Crippen LogP contribution in [0, 0.1) is 11.3 Å². The molecule has 4 nitrogen and oxygen atoms in total. The SMILES string of the molecule is Cn1ccnc1CNc1ccccc1C#N. The lowest BCUT2D eigenvalue weighted by Gasteiger charge is -2.07. The first kappa shape index (κ1) is 10.2. The second-order valence-corrected chi connectivity index (χ2v) is 3.47. The molecule has 0 fully saturated rings. The lowest BCUT2D eigenvalue weighted by atomic mass is 10.2. The number of nitriles is 1. The molecule has 0 aliphatic carbocycles. The topological polar surface area (TPSA) is 53.6 Å². The van der Waals surface area contributed by atoms with E-state index < -0.39 is 0 Å². The summed E-state index contributed by atoms with van der Waals surface area (Å²) in [4.78, 5) is 4.20. The van der Waals surface area contributed by atoms with E-state index in [4.69, 9.17) is 5.26 Å². The predicted octanol–water partition coefficient (Wildman–Crippen LogP) is 1.90. The Bertz CT molecular complexity index is 522. The molecular weight excluding hydrogens is 200 g/mol. The van der Waals surface area contributed by atoms with E-state index in [1.54, 1.807) is 12.3 Å². The molecule has 0 radical (unpaired) electrons. The summed E-state index contributed by atoms with van der Waals surface area (Å²) in [6.07, 6.45) is 3.65. The molecule has 0 saturated heterocycles. The second kappa shape index (κ2) is 4.49. The third kappa shape index (κ3) is 2.04. The number of aromatic nitrogens is 2. The lowest BCUT2D eigenvalue weighted by molar-refractivity contribution is 0.813. The van der Waals surface area contributed by atoms with Gasteiger partial charge in [0.1, 0.15) is 11.9 Å². The predicted molar refractivity (Wildman–Crippen MR) is 61.7 cm³/mol. The third-order valence-corrected chi connectivity index (χ3v) is 2.41. The zero-order chi connectivity index (χ0) is 11.4. The maximum atomic E-state index is 8.92. The Hall–Kier alpha value is -2.28. The van der Waals surface area contributed by atoms with Crippen LogP contribution in [0.25, 0.3) is 0 Å². The number of para-hydroxylation sites is 1.